The number of hydrogen-bond acceptors (Lipinski definition) is 6. The summed E-state index contributed by atoms with van der Waals surface area (Å²) in [6.45, 7) is 7.31. The predicted molar refractivity (Wildman–Crippen MR) is 108 cm³/mol. The van der Waals surface area contributed by atoms with Crippen molar-refractivity contribution in [2.24, 2.45) is 29.1 Å². The van der Waals surface area contributed by atoms with E-state index in [0.717, 1.165) is 51.4 Å². The molecule has 0 radical (unpaired) electrons. The van der Waals surface area contributed by atoms with Gasteiger partial charge < -0.3 is 19.3 Å². The quantitative estimate of drug-likeness (QED) is 0.556. The lowest BCUT2D eigenvalue weighted by atomic mass is 9.45. The van der Waals surface area contributed by atoms with E-state index in [1.807, 2.05) is 6.92 Å². The second-order valence-electron chi connectivity index (χ2n) is 11.0. The van der Waals surface area contributed by atoms with Gasteiger partial charge in [0, 0.05) is 19.8 Å². The molecule has 0 aromatic heterocycles. The highest BCUT2D eigenvalue weighted by atomic mass is 16.6. The monoisotopic (exact) mass is 420 g/mol. The average Bonchev–Trinajstić information content (AvgIpc) is 3.29. The van der Waals surface area contributed by atoms with E-state index in [4.69, 9.17) is 14.2 Å². The summed E-state index contributed by atoms with van der Waals surface area (Å²) in [6, 6.07) is 0. The number of carbonyl (C=O) groups excluding carboxylic acids is 2. The Kier molecular flexibility index (Phi) is 4.62. The van der Waals surface area contributed by atoms with E-state index in [9.17, 15) is 14.7 Å². The summed E-state index contributed by atoms with van der Waals surface area (Å²) in [5.74, 6) is 0.823. The normalized spacial score (nSPS) is 52.2. The van der Waals surface area contributed by atoms with Crippen molar-refractivity contribution >= 4 is 11.9 Å². The lowest BCUT2D eigenvalue weighted by Crippen LogP contribution is -2.63. The Morgan fingerprint density at radius 2 is 1.80 bits per heavy atom. The molecule has 1 saturated heterocycles. The molecule has 30 heavy (non-hydrogen) atoms. The van der Waals surface area contributed by atoms with E-state index in [-0.39, 0.29) is 47.5 Å². The number of carbonyl (C=O) groups is 2. The zero-order valence-corrected chi connectivity index (χ0v) is 18.7. The van der Waals surface area contributed by atoms with Gasteiger partial charge >= 0.3 is 11.9 Å². The third-order valence-electron chi connectivity index (χ3n) is 9.80. The van der Waals surface area contributed by atoms with Crippen LogP contribution in [0.25, 0.3) is 0 Å². The fourth-order valence-electron chi connectivity index (χ4n) is 8.58. The molecule has 4 aliphatic carbocycles. The smallest absolute Gasteiger partial charge is 0.302 e. The number of esters is 2. The lowest BCUT2D eigenvalue weighted by molar-refractivity contribution is -0.180. The summed E-state index contributed by atoms with van der Waals surface area (Å²) in [6.07, 6.45) is 7.42. The average molecular weight is 421 g/mol. The van der Waals surface area contributed by atoms with Crippen molar-refractivity contribution in [3.63, 3.8) is 0 Å². The molecule has 4 saturated carbocycles. The fraction of sp³-hybridized carbons (Fsp3) is 0.917. The highest BCUT2D eigenvalue weighted by Gasteiger charge is 2.82. The molecule has 1 aliphatic heterocycles. The van der Waals surface area contributed by atoms with Crippen LogP contribution in [0.2, 0.25) is 0 Å². The minimum atomic E-state index is -0.819. The number of hydrogen-bond donors (Lipinski definition) is 1. The Balaban J connectivity index is 1.38. The summed E-state index contributed by atoms with van der Waals surface area (Å²) >= 11 is 0. The van der Waals surface area contributed by atoms with E-state index >= 15 is 0 Å². The molecule has 6 heteroatoms. The predicted octanol–water partition coefficient (Wildman–Crippen LogP) is 3.38. The third kappa shape index (κ3) is 2.68. The Morgan fingerprint density at radius 1 is 1.03 bits per heavy atom. The van der Waals surface area contributed by atoms with E-state index in [0.29, 0.717) is 11.8 Å². The maximum atomic E-state index is 12.1. The van der Waals surface area contributed by atoms with Gasteiger partial charge in [-0.3, -0.25) is 9.59 Å². The molecule has 3 unspecified atom stereocenters. The molecule has 0 aromatic carbocycles. The first-order valence-corrected chi connectivity index (χ1v) is 11.9. The molecular formula is C24H36O6. The Bertz CT molecular complexity index is 752. The third-order valence-corrected chi connectivity index (χ3v) is 9.80. The second kappa shape index (κ2) is 6.68. The van der Waals surface area contributed by atoms with Gasteiger partial charge in [0.15, 0.2) is 0 Å². The van der Waals surface area contributed by atoms with Crippen LogP contribution in [0.3, 0.4) is 0 Å². The van der Waals surface area contributed by atoms with Crippen molar-refractivity contribution < 1.29 is 28.9 Å². The molecule has 6 nitrogen and oxygen atoms in total. The van der Waals surface area contributed by atoms with Crippen molar-refractivity contribution in [1.29, 1.82) is 0 Å². The van der Waals surface area contributed by atoms with E-state index in [1.54, 1.807) is 0 Å². The zero-order valence-electron chi connectivity index (χ0n) is 18.7. The maximum absolute atomic E-state index is 12.1. The molecule has 5 aliphatic rings. The van der Waals surface area contributed by atoms with Crippen LogP contribution in [-0.4, -0.2) is 46.6 Å². The number of fused-ring (bicyclic) bond motifs is 4. The molecule has 1 N–H and O–H groups in total. The standard InChI is InChI=1S/C24H36O6/c1-13(28-14(2)25)18-8-10-23(27)19-6-5-16-11-17(29-15(3)26)7-9-22(16,4)20(19)12-21-24(18,23)30-21/h13,16-21,27H,5-12H2,1-4H3/t13?,16-,17-,18+,19?,20?,21+,22-,23-,24+/m0/s1. The van der Waals surface area contributed by atoms with Gasteiger partial charge in [-0.15, -0.1) is 0 Å². The molecule has 0 amide bonds. The largest absolute Gasteiger partial charge is 0.463 e. The van der Waals surface area contributed by atoms with Gasteiger partial charge in [0.05, 0.1) is 11.7 Å². The topological polar surface area (TPSA) is 85.4 Å². The number of epoxide rings is 1. The molecule has 1 heterocycles. The molecule has 5 rings (SSSR count). The van der Waals surface area contributed by atoms with Gasteiger partial charge in [0.1, 0.15) is 17.8 Å². The first-order valence-electron chi connectivity index (χ1n) is 11.9. The SMILES string of the molecule is CC(=O)OC(C)[C@H]1CC[C@]2(O)C3CC[C@H]4C[C@@H](OC(C)=O)CC[C@]4(C)C3C[C@H]3O[C@]132. The number of rotatable bonds is 3. The number of aliphatic hydroxyl groups is 1. The summed E-state index contributed by atoms with van der Waals surface area (Å²) in [4.78, 5) is 23.0. The highest BCUT2D eigenvalue weighted by molar-refractivity contribution is 5.66. The van der Waals surface area contributed by atoms with Gasteiger partial charge in [-0.2, -0.15) is 0 Å². The van der Waals surface area contributed by atoms with Crippen LogP contribution < -0.4 is 0 Å². The van der Waals surface area contributed by atoms with Crippen LogP contribution in [0, 0.1) is 29.1 Å². The lowest BCUT2D eigenvalue weighted by Gasteiger charge is -2.60. The minimum absolute atomic E-state index is 0.0421. The van der Waals surface area contributed by atoms with Crippen molar-refractivity contribution in [3.8, 4) is 0 Å². The van der Waals surface area contributed by atoms with Crippen LogP contribution in [0.5, 0.6) is 0 Å². The molecule has 168 valence electrons. The van der Waals surface area contributed by atoms with E-state index in [1.165, 1.54) is 13.8 Å². The molecular weight excluding hydrogens is 384 g/mol. The van der Waals surface area contributed by atoms with Crippen LogP contribution in [-0.2, 0) is 23.8 Å². The van der Waals surface area contributed by atoms with Gasteiger partial charge in [-0.05, 0) is 81.5 Å². The first-order chi connectivity index (χ1) is 14.1. The van der Waals surface area contributed by atoms with Crippen LogP contribution in [0.1, 0.15) is 79.1 Å². The van der Waals surface area contributed by atoms with E-state index < -0.39 is 11.2 Å². The molecule has 0 aromatic rings. The second-order valence-corrected chi connectivity index (χ2v) is 11.0. The summed E-state index contributed by atoms with van der Waals surface area (Å²) in [7, 11) is 0. The molecule has 0 bridgehead atoms. The van der Waals surface area contributed by atoms with Crippen molar-refractivity contribution in [1.82, 2.24) is 0 Å². The summed E-state index contributed by atoms with van der Waals surface area (Å²) in [5.41, 5.74) is -1.19. The first kappa shape index (κ1) is 20.7. The Hall–Kier alpha value is -1.14. The van der Waals surface area contributed by atoms with Crippen molar-refractivity contribution in [2.45, 2.75) is 109 Å². The number of ether oxygens (including phenoxy) is 3. The molecule has 10 atom stereocenters. The van der Waals surface area contributed by atoms with Crippen LogP contribution in [0.4, 0.5) is 0 Å². The summed E-state index contributed by atoms with van der Waals surface area (Å²) < 4.78 is 17.5. The molecule has 5 fully saturated rings. The minimum Gasteiger partial charge on any atom is -0.463 e. The fourth-order valence-corrected chi connectivity index (χ4v) is 8.58. The Labute approximate surface area is 179 Å². The summed E-state index contributed by atoms with van der Waals surface area (Å²) in [5, 5.41) is 12.1. The van der Waals surface area contributed by atoms with Crippen molar-refractivity contribution in [3.05, 3.63) is 0 Å². The van der Waals surface area contributed by atoms with Gasteiger partial charge in [0.2, 0.25) is 0 Å². The maximum Gasteiger partial charge on any atom is 0.302 e. The Morgan fingerprint density at radius 3 is 2.50 bits per heavy atom. The molecule has 1 spiro atoms. The van der Waals surface area contributed by atoms with Gasteiger partial charge in [0.25, 0.3) is 0 Å². The van der Waals surface area contributed by atoms with Crippen LogP contribution in [0.15, 0.2) is 0 Å². The van der Waals surface area contributed by atoms with Gasteiger partial charge in [-0.1, -0.05) is 6.92 Å². The van der Waals surface area contributed by atoms with Gasteiger partial charge in [-0.25, -0.2) is 0 Å². The zero-order chi connectivity index (χ0) is 21.5. The highest BCUT2D eigenvalue weighted by Crippen LogP contribution is 2.73. The van der Waals surface area contributed by atoms with Crippen LogP contribution >= 0.6 is 0 Å². The van der Waals surface area contributed by atoms with Crippen molar-refractivity contribution in [2.75, 3.05) is 0 Å². The van der Waals surface area contributed by atoms with E-state index in [2.05, 4.69) is 6.92 Å².